The zero-order valence-electron chi connectivity index (χ0n) is 13.8. The standard InChI is InChI=1S/C19H19F2NO3/c1-25-14-4-2-3-12(9-14)17(23)18(24)22-11-19(7-8-19)15-6-5-13(20)10-16(15)21/h2-6,9-10,17,23H,7-8,11H2,1H3,(H,22,24). The van der Waals surface area contributed by atoms with Crippen molar-refractivity contribution in [2.75, 3.05) is 13.7 Å². The van der Waals surface area contributed by atoms with E-state index in [-0.39, 0.29) is 6.54 Å². The molecule has 2 aromatic rings. The van der Waals surface area contributed by atoms with Gasteiger partial charge in [0.15, 0.2) is 6.10 Å². The van der Waals surface area contributed by atoms with E-state index < -0.39 is 29.1 Å². The van der Waals surface area contributed by atoms with Gasteiger partial charge in [-0.25, -0.2) is 8.78 Å². The van der Waals surface area contributed by atoms with Crippen LogP contribution in [-0.2, 0) is 10.2 Å². The molecule has 1 aliphatic rings. The number of carbonyl (C=O) groups is 1. The molecular formula is C19H19F2NO3. The number of carbonyl (C=O) groups excluding carboxylic acids is 1. The van der Waals surface area contributed by atoms with E-state index in [1.807, 2.05) is 0 Å². The molecule has 2 N–H and O–H groups in total. The Hall–Kier alpha value is -2.47. The van der Waals surface area contributed by atoms with E-state index in [1.165, 1.54) is 19.2 Å². The molecule has 1 aliphatic carbocycles. The van der Waals surface area contributed by atoms with Gasteiger partial charge in [-0.3, -0.25) is 4.79 Å². The molecule has 1 fully saturated rings. The largest absolute Gasteiger partial charge is 0.497 e. The SMILES string of the molecule is COc1cccc(C(O)C(=O)NCC2(c3ccc(F)cc3F)CC2)c1. The summed E-state index contributed by atoms with van der Waals surface area (Å²) in [6, 6.07) is 10.1. The van der Waals surface area contributed by atoms with E-state index in [9.17, 15) is 18.7 Å². The Morgan fingerprint density at radius 3 is 2.68 bits per heavy atom. The van der Waals surface area contributed by atoms with Crippen molar-refractivity contribution in [1.82, 2.24) is 5.32 Å². The van der Waals surface area contributed by atoms with Gasteiger partial charge in [0.1, 0.15) is 17.4 Å². The van der Waals surface area contributed by atoms with Gasteiger partial charge in [0, 0.05) is 18.0 Å². The molecule has 0 aliphatic heterocycles. The number of hydrogen-bond acceptors (Lipinski definition) is 3. The molecule has 6 heteroatoms. The van der Waals surface area contributed by atoms with E-state index in [2.05, 4.69) is 5.32 Å². The minimum absolute atomic E-state index is 0.190. The van der Waals surface area contributed by atoms with Crippen LogP contribution in [-0.4, -0.2) is 24.7 Å². The minimum Gasteiger partial charge on any atom is -0.497 e. The lowest BCUT2D eigenvalue weighted by Crippen LogP contribution is -2.36. The van der Waals surface area contributed by atoms with Crippen LogP contribution in [0.4, 0.5) is 8.78 Å². The minimum atomic E-state index is -1.34. The molecule has 0 spiro atoms. The molecule has 4 nitrogen and oxygen atoms in total. The van der Waals surface area contributed by atoms with Gasteiger partial charge in [0.2, 0.25) is 0 Å². The molecular weight excluding hydrogens is 328 g/mol. The molecule has 2 aromatic carbocycles. The predicted octanol–water partition coefficient (Wildman–Crippen LogP) is 2.85. The first kappa shape index (κ1) is 17.4. The number of aliphatic hydroxyl groups is 1. The molecule has 0 saturated heterocycles. The summed E-state index contributed by atoms with van der Waals surface area (Å²) in [4.78, 5) is 12.2. The summed E-state index contributed by atoms with van der Waals surface area (Å²) in [5, 5.41) is 12.9. The molecule has 1 unspecified atom stereocenters. The third kappa shape index (κ3) is 3.64. The average molecular weight is 347 g/mol. The van der Waals surface area contributed by atoms with Crippen LogP contribution in [0.15, 0.2) is 42.5 Å². The molecule has 25 heavy (non-hydrogen) atoms. The lowest BCUT2D eigenvalue weighted by Gasteiger charge is -2.19. The second-order valence-electron chi connectivity index (χ2n) is 6.30. The second-order valence-corrected chi connectivity index (χ2v) is 6.30. The first-order chi connectivity index (χ1) is 11.9. The molecule has 0 bridgehead atoms. The van der Waals surface area contributed by atoms with Gasteiger partial charge in [0.25, 0.3) is 5.91 Å². The Kier molecular flexibility index (Phi) is 4.72. The van der Waals surface area contributed by atoms with Crippen LogP contribution in [0.3, 0.4) is 0 Å². The molecule has 0 aromatic heterocycles. The van der Waals surface area contributed by atoms with E-state index in [1.54, 1.807) is 24.3 Å². The van der Waals surface area contributed by atoms with Crippen molar-refractivity contribution < 1.29 is 23.4 Å². The van der Waals surface area contributed by atoms with Crippen molar-refractivity contribution in [1.29, 1.82) is 0 Å². The third-order valence-corrected chi connectivity index (χ3v) is 4.61. The third-order valence-electron chi connectivity index (χ3n) is 4.61. The molecule has 132 valence electrons. The fourth-order valence-electron chi connectivity index (χ4n) is 2.93. The normalized spacial score (nSPS) is 16.2. The molecule has 0 radical (unpaired) electrons. The maximum atomic E-state index is 14.0. The van der Waals surface area contributed by atoms with Crippen LogP contribution < -0.4 is 10.1 Å². The fourth-order valence-corrected chi connectivity index (χ4v) is 2.93. The van der Waals surface area contributed by atoms with Crippen LogP contribution >= 0.6 is 0 Å². The molecule has 0 heterocycles. The quantitative estimate of drug-likeness (QED) is 0.845. The summed E-state index contributed by atoms with van der Waals surface area (Å²) in [7, 11) is 1.50. The lowest BCUT2D eigenvalue weighted by molar-refractivity contribution is -0.129. The Morgan fingerprint density at radius 2 is 2.04 bits per heavy atom. The Labute approximate surface area is 144 Å². The van der Waals surface area contributed by atoms with Crippen LogP contribution in [0.25, 0.3) is 0 Å². The number of methoxy groups -OCH3 is 1. The number of halogens is 2. The van der Waals surface area contributed by atoms with Crippen molar-refractivity contribution in [2.24, 2.45) is 0 Å². The van der Waals surface area contributed by atoms with Crippen molar-refractivity contribution in [3.05, 3.63) is 65.2 Å². The van der Waals surface area contributed by atoms with E-state index in [4.69, 9.17) is 4.74 Å². The summed E-state index contributed by atoms with van der Waals surface area (Å²) in [5.74, 6) is -1.27. The van der Waals surface area contributed by atoms with Gasteiger partial charge in [-0.05, 0) is 42.2 Å². The number of amides is 1. The van der Waals surface area contributed by atoms with Crippen LogP contribution in [0, 0.1) is 11.6 Å². The number of rotatable bonds is 6. The molecule has 1 amide bonds. The van der Waals surface area contributed by atoms with Crippen molar-refractivity contribution >= 4 is 5.91 Å². The zero-order chi connectivity index (χ0) is 18.0. The lowest BCUT2D eigenvalue weighted by atomic mass is 9.95. The fraction of sp³-hybridized carbons (Fsp3) is 0.316. The van der Waals surface area contributed by atoms with Crippen molar-refractivity contribution in [2.45, 2.75) is 24.4 Å². The summed E-state index contributed by atoms with van der Waals surface area (Å²) >= 11 is 0. The van der Waals surface area contributed by atoms with Gasteiger partial charge in [-0.1, -0.05) is 18.2 Å². The second kappa shape index (κ2) is 6.80. The highest BCUT2D eigenvalue weighted by Gasteiger charge is 2.46. The number of nitrogens with one attached hydrogen (secondary N) is 1. The smallest absolute Gasteiger partial charge is 0.253 e. The summed E-state index contributed by atoms with van der Waals surface area (Å²) in [6.07, 6.45) is 0.0554. The van der Waals surface area contributed by atoms with Gasteiger partial charge in [0.05, 0.1) is 7.11 Å². The Balaban J connectivity index is 1.67. The maximum absolute atomic E-state index is 14.0. The van der Waals surface area contributed by atoms with E-state index in [0.717, 1.165) is 6.07 Å². The highest BCUT2D eigenvalue weighted by atomic mass is 19.1. The summed E-state index contributed by atoms with van der Waals surface area (Å²) in [5.41, 5.74) is 0.279. The molecule has 1 saturated carbocycles. The van der Waals surface area contributed by atoms with Crippen molar-refractivity contribution in [3.8, 4) is 5.75 Å². The van der Waals surface area contributed by atoms with Gasteiger partial charge in [-0.15, -0.1) is 0 Å². The average Bonchev–Trinajstić information content (AvgIpc) is 3.40. The van der Waals surface area contributed by atoms with Crippen LogP contribution in [0.1, 0.15) is 30.1 Å². The van der Waals surface area contributed by atoms with Crippen LogP contribution in [0.5, 0.6) is 5.75 Å². The van der Waals surface area contributed by atoms with Crippen LogP contribution in [0.2, 0.25) is 0 Å². The zero-order valence-corrected chi connectivity index (χ0v) is 13.8. The highest BCUT2D eigenvalue weighted by molar-refractivity contribution is 5.82. The maximum Gasteiger partial charge on any atom is 0.253 e. The first-order valence-electron chi connectivity index (χ1n) is 8.00. The topological polar surface area (TPSA) is 58.6 Å². The van der Waals surface area contributed by atoms with E-state index in [0.29, 0.717) is 29.7 Å². The van der Waals surface area contributed by atoms with Gasteiger partial charge >= 0.3 is 0 Å². The molecule has 1 atom stereocenters. The first-order valence-corrected chi connectivity index (χ1v) is 8.00. The van der Waals surface area contributed by atoms with Gasteiger partial charge < -0.3 is 15.2 Å². The Bertz CT molecular complexity index is 790. The Morgan fingerprint density at radius 1 is 1.28 bits per heavy atom. The summed E-state index contributed by atoms with van der Waals surface area (Å²) < 4.78 is 32.1. The highest BCUT2D eigenvalue weighted by Crippen LogP contribution is 2.48. The predicted molar refractivity (Wildman–Crippen MR) is 88.2 cm³/mol. The number of benzene rings is 2. The number of aliphatic hydroxyl groups excluding tert-OH is 1. The monoisotopic (exact) mass is 347 g/mol. The van der Waals surface area contributed by atoms with Gasteiger partial charge in [-0.2, -0.15) is 0 Å². The molecule has 3 rings (SSSR count). The number of hydrogen-bond donors (Lipinski definition) is 2. The van der Waals surface area contributed by atoms with E-state index >= 15 is 0 Å². The van der Waals surface area contributed by atoms with Crippen molar-refractivity contribution in [3.63, 3.8) is 0 Å². The summed E-state index contributed by atoms with van der Waals surface area (Å²) in [6.45, 7) is 0.190. The number of ether oxygens (including phenoxy) is 1.